The van der Waals surface area contributed by atoms with Gasteiger partial charge in [-0.05, 0) is 38.5 Å². The summed E-state index contributed by atoms with van der Waals surface area (Å²) in [5.41, 5.74) is 2.42. The first-order valence-corrected chi connectivity index (χ1v) is 8.36. The molecule has 1 aromatic carbocycles. The van der Waals surface area contributed by atoms with Gasteiger partial charge in [-0.2, -0.15) is 10.1 Å². The largest absolute Gasteiger partial charge is 0.339 e. The summed E-state index contributed by atoms with van der Waals surface area (Å²) in [6, 6.07) is 7.17. The Morgan fingerprint density at radius 2 is 1.96 bits per heavy atom. The van der Waals surface area contributed by atoms with E-state index in [0.29, 0.717) is 29.6 Å². The Morgan fingerprint density at radius 3 is 2.58 bits per heavy atom. The van der Waals surface area contributed by atoms with Gasteiger partial charge in [0.1, 0.15) is 12.4 Å². The molecule has 3 rings (SSSR count). The van der Waals surface area contributed by atoms with Crippen LogP contribution in [-0.2, 0) is 4.79 Å². The zero-order valence-electron chi connectivity index (χ0n) is 14.0. The summed E-state index contributed by atoms with van der Waals surface area (Å²) in [7, 11) is 0. The molecule has 0 spiro atoms. The summed E-state index contributed by atoms with van der Waals surface area (Å²) in [5.74, 6) is 0.634. The number of allylic oxidation sites excluding steroid dienone is 1. The average Bonchev–Trinajstić information content (AvgIpc) is 3.03. The highest BCUT2D eigenvalue weighted by Crippen LogP contribution is 2.35. The van der Waals surface area contributed by atoms with Crippen molar-refractivity contribution in [2.45, 2.75) is 26.8 Å². The summed E-state index contributed by atoms with van der Waals surface area (Å²) in [5, 5.41) is 8.16. The standard InChI is InChI=1S/C17H20ClN5O/c1-4-22(5-2)16(24)14-11(3)21-17-19-10-20-23(17)15(14)12-6-8-13(18)9-7-12/h6-10,15H,4-5H2,1-3H3,(H,19,20,21)/t15-/m0/s1. The molecule has 1 N–H and O–H groups in total. The number of amides is 1. The van der Waals surface area contributed by atoms with Crippen molar-refractivity contribution in [3.8, 4) is 0 Å². The second kappa shape index (κ2) is 6.65. The van der Waals surface area contributed by atoms with Gasteiger partial charge in [0.15, 0.2) is 0 Å². The maximum absolute atomic E-state index is 13.1. The van der Waals surface area contributed by atoms with Gasteiger partial charge < -0.3 is 10.2 Å². The lowest BCUT2D eigenvalue weighted by molar-refractivity contribution is -0.127. The maximum atomic E-state index is 13.1. The number of hydrogen-bond acceptors (Lipinski definition) is 4. The lowest BCUT2D eigenvalue weighted by Crippen LogP contribution is -2.38. The summed E-state index contributed by atoms with van der Waals surface area (Å²) in [6.45, 7) is 7.17. The Labute approximate surface area is 146 Å². The van der Waals surface area contributed by atoms with E-state index in [-0.39, 0.29) is 11.9 Å². The lowest BCUT2D eigenvalue weighted by atomic mass is 9.94. The van der Waals surface area contributed by atoms with Gasteiger partial charge in [-0.1, -0.05) is 23.7 Å². The number of aromatic nitrogens is 3. The molecule has 2 aromatic rings. The van der Waals surface area contributed by atoms with Gasteiger partial charge in [0, 0.05) is 23.8 Å². The molecule has 7 heteroatoms. The Kier molecular flexibility index (Phi) is 4.57. The van der Waals surface area contributed by atoms with Crippen LogP contribution in [0.3, 0.4) is 0 Å². The van der Waals surface area contributed by atoms with E-state index in [0.717, 1.165) is 11.3 Å². The minimum atomic E-state index is -0.325. The maximum Gasteiger partial charge on any atom is 0.254 e. The molecule has 126 valence electrons. The van der Waals surface area contributed by atoms with Crippen molar-refractivity contribution >= 4 is 23.5 Å². The van der Waals surface area contributed by atoms with E-state index in [1.165, 1.54) is 6.33 Å². The fourth-order valence-corrected chi connectivity index (χ4v) is 3.13. The number of carbonyl (C=O) groups excluding carboxylic acids is 1. The second-order valence-corrected chi connectivity index (χ2v) is 6.06. The van der Waals surface area contributed by atoms with Crippen molar-refractivity contribution < 1.29 is 4.79 Å². The molecule has 0 saturated heterocycles. The van der Waals surface area contributed by atoms with Gasteiger partial charge in [0.05, 0.1) is 5.57 Å². The molecule has 0 aliphatic carbocycles. The molecule has 0 unspecified atom stereocenters. The molecule has 1 atom stereocenters. The first-order valence-electron chi connectivity index (χ1n) is 7.98. The Bertz CT molecular complexity index is 777. The smallest absolute Gasteiger partial charge is 0.254 e. The number of halogens is 1. The number of rotatable bonds is 4. The highest BCUT2D eigenvalue weighted by Gasteiger charge is 2.34. The normalized spacial score (nSPS) is 16.6. The van der Waals surface area contributed by atoms with Crippen LogP contribution in [0.1, 0.15) is 32.4 Å². The number of nitrogens with zero attached hydrogens (tertiary/aromatic N) is 4. The molecule has 0 radical (unpaired) electrons. The van der Waals surface area contributed by atoms with Crippen LogP contribution in [0.15, 0.2) is 41.9 Å². The van der Waals surface area contributed by atoms with E-state index in [4.69, 9.17) is 11.6 Å². The minimum absolute atomic E-state index is 0.00565. The SMILES string of the molecule is CCN(CC)C(=O)C1=C(C)Nc2ncnn2[C@H]1c1ccc(Cl)cc1. The number of carbonyl (C=O) groups is 1. The van der Waals surface area contributed by atoms with Crippen LogP contribution in [0.25, 0.3) is 0 Å². The fraction of sp³-hybridized carbons (Fsp3) is 0.353. The summed E-state index contributed by atoms with van der Waals surface area (Å²) < 4.78 is 1.74. The molecule has 1 aliphatic heterocycles. The van der Waals surface area contributed by atoms with Crippen molar-refractivity contribution in [2.75, 3.05) is 18.4 Å². The molecule has 1 amide bonds. The minimum Gasteiger partial charge on any atom is -0.339 e. The van der Waals surface area contributed by atoms with Gasteiger partial charge in [-0.25, -0.2) is 4.68 Å². The van der Waals surface area contributed by atoms with Crippen molar-refractivity contribution in [3.63, 3.8) is 0 Å². The van der Waals surface area contributed by atoms with Gasteiger partial charge in [-0.3, -0.25) is 4.79 Å². The van der Waals surface area contributed by atoms with Crippen LogP contribution in [0.4, 0.5) is 5.95 Å². The summed E-state index contributed by atoms with van der Waals surface area (Å²) in [6.07, 6.45) is 1.49. The third-order valence-electron chi connectivity index (χ3n) is 4.26. The predicted molar refractivity (Wildman–Crippen MR) is 93.9 cm³/mol. The van der Waals surface area contributed by atoms with E-state index in [1.54, 1.807) is 4.68 Å². The first kappa shape index (κ1) is 16.5. The summed E-state index contributed by atoms with van der Waals surface area (Å²) in [4.78, 5) is 19.1. The topological polar surface area (TPSA) is 63.1 Å². The number of benzene rings is 1. The lowest BCUT2D eigenvalue weighted by Gasteiger charge is -2.31. The number of nitrogens with one attached hydrogen (secondary N) is 1. The molecule has 0 bridgehead atoms. The fourth-order valence-electron chi connectivity index (χ4n) is 3.00. The third kappa shape index (κ3) is 2.78. The van der Waals surface area contributed by atoms with Crippen LogP contribution >= 0.6 is 11.6 Å². The van der Waals surface area contributed by atoms with Crippen LogP contribution < -0.4 is 5.32 Å². The first-order chi connectivity index (χ1) is 11.6. The van der Waals surface area contributed by atoms with Crippen molar-refractivity contribution in [3.05, 3.63) is 52.4 Å². The third-order valence-corrected chi connectivity index (χ3v) is 4.51. The Morgan fingerprint density at radius 1 is 1.29 bits per heavy atom. The molecule has 6 nitrogen and oxygen atoms in total. The monoisotopic (exact) mass is 345 g/mol. The average molecular weight is 346 g/mol. The molecular weight excluding hydrogens is 326 g/mol. The van der Waals surface area contributed by atoms with Crippen molar-refractivity contribution in [1.82, 2.24) is 19.7 Å². The molecule has 1 aliphatic rings. The highest BCUT2D eigenvalue weighted by molar-refractivity contribution is 6.30. The van der Waals surface area contributed by atoms with E-state index < -0.39 is 0 Å². The number of anilines is 1. The Hall–Kier alpha value is -2.34. The van der Waals surface area contributed by atoms with Gasteiger partial charge >= 0.3 is 0 Å². The molecular formula is C17H20ClN5O. The zero-order chi connectivity index (χ0) is 17.3. The van der Waals surface area contributed by atoms with E-state index in [2.05, 4.69) is 15.4 Å². The number of fused-ring (bicyclic) bond motifs is 1. The molecule has 24 heavy (non-hydrogen) atoms. The molecule has 1 aromatic heterocycles. The van der Waals surface area contributed by atoms with Gasteiger partial charge in [0.2, 0.25) is 5.95 Å². The number of likely N-dealkylation sites (N-methyl/N-ethyl adjacent to an activating group) is 1. The van der Waals surface area contributed by atoms with Crippen LogP contribution in [-0.4, -0.2) is 38.7 Å². The van der Waals surface area contributed by atoms with Gasteiger partial charge in [-0.15, -0.1) is 0 Å². The van der Waals surface area contributed by atoms with E-state index >= 15 is 0 Å². The van der Waals surface area contributed by atoms with Crippen molar-refractivity contribution in [2.24, 2.45) is 0 Å². The predicted octanol–water partition coefficient (Wildman–Crippen LogP) is 3.09. The number of hydrogen-bond donors (Lipinski definition) is 1. The van der Waals surface area contributed by atoms with E-state index in [1.807, 2.05) is 49.9 Å². The quantitative estimate of drug-likeness (QED) is 0.924. The van der Waals surface area contributed by atoms with Crippen LogP contribution in [0.5, 0.6) is 0 Å². The second-order valence-electron chi connectivity index (χ2n) is 5.62. The van der Waals surface area contributed by atoms with Crippen LogP contribution in [0.2, 0.25) is 5.02 Å². The van der Waals surface area contributed by atoms with E-state index in [9.17, 15) is 4.79 Å². The zero-order valence-corrected chi connectivity index (χ0v) is 14.7. The Balaban J connectivity index is 2.13. The molecule has 0 fully saturated rings. The highest BCUT2D eigenvalue weighted by atomic mass is 35.5. The van der Waals surface area contributed by atoms with Gasteiger partial charge in [0.25, 0.3) is 5.91 Å². The van der Waals surface area contributed by atoms with Crippen molar-refractivity contribution in [1.29, 1.82) is 0 Å². The molecule has 2 heterocycles. The van der Waals surface area contributed by atoms with Crippen LogP contribution in [0, 0.1) is 0 Å². The molecule has 0 saturated carbocycles. The summed E-state index contributed by atoms with van der Waals surface area (Å²) >= 11 is 6.02.